The second-order valence-electron chi connectivity index (χ2n) is 3.72. The molecule has 0 aliphatic rings. The lowest BCUT2D eigenvalue weighted by Gasteiger charge is -2.02. The molecule has 7 heteroatoms. The fraction of sp³-hybridized carbons (Fsp3) is 0.0909. The fourth-order valence-electron chi connectivity index (χ4n) is 1.66. The molecule has 0 spiro atoms. The van der Waals surface area contributed by atoms with Crippen LogP contribution in [0.5, 0.6) is 0 Å². The first kappa shape index (κ1) is 11.0. The van der Waals surface area contributed by atoms with Crippen LogP contribution >= 0.6 is 11.6 Å². The highest BCUT2D eigenvalue weighted by Crippen LogP contribution is 2.13. The predicted octanol–water partition coefficient (Wildman–Crippen LogP) is 2.06. The summed E-state index contributed by atoms with van der Waals surface area (Å²) in [4.78, 5) is 12.0. The van der Waals surface area contributed by atoms with Crippen molar-refractivity contribution >= 4 is 22.8 Å². The minimum atomic E-state index is -0.381. The maximum Gasteiger partial charge on any atom is 0.178 e. The van der Waals surface area contributed by atoms with Gasteiger partial charge in [-0.25, -0.2) is 19.0 Å². The minimum Gasteiger partial charge on any atom is -0.261 e. The monoisotopic (exact) mass is 263 g/mol. The molecule has 18 heavy (non-hydrogen) atoms. The molecule has 3 rings (SSSR count). The number of hydrogen-bond donors (Lipinski definition) is 0. The van der Waals surface area contributed by atoms with E-state index >= 15 is 0 Å². The van der Waals surface area contributed by atoms with Crippen LogP contribution in [-0.2, 0) is 6.54 Å². The molecule has 3 aromatic heterocycles. The van der Waals surface area contributed by atoms with Gasteiger partial charge in [-0.3, -0.25) is 4.98 Å². The summed E-state index contributed by atoms with van der Waals surface area (Å²) in [7, 11) is 0. The van der Waals surface area contributed by atoms with Gasteiger partial charge < -0.3 is 0 Å². The molecular weight excluding hydrogens is 257 g/mol. The summed E-state index contributed by atoms with van der Waals surface area (Å²) in [6, 6.07) is 1.40. The maximum absolute atomic E-state index is 13.0. The summed E-state index contributed by atoms with van der Waals surface area (Å²) in [6.07, 6.45) is 5.78. The highest BCUT2D eigenvalue weighted by molar-refractivity contribution is 6.29. The summed E-state index contributed by atoms with van der Waals surface area (Å²) in [5.74, 6) is -0.381. The molecule has 0 radical (unpaired) electrons. The van der Waals surface area contributed by atoms with Crippen LogP contribution < -0.4 is 0 Å². The standard InChI is InChI=1S/C11H7ClFN5/c12-10-5-15-9-4-16-18(11(9)17-10)6-7-1-8(13)3-14-2-7/h1-5H,6H2. The normalized spacial score (nSPS) is 11.0. The van der Waals surface area contributed by atoms with Crippen LogP contribution in [0.4, 0.5) is 4.39 Å². The van der Waals surface area contributed by atoms with Gasteiger partial charge in [0.05, 0.1) is 25.1 Å². The van der Waals surface area contributed by atoms with Gasteiger partial charge in [0.1, 0.15) is 16.5 Å². The molecule has 90 valence electrons. The van der Waals surface area contributed by atoms with Gasteiger partial charge in [-0.1, -0.05) is 11.6 Å². The zero-order chi connectivity index (χ0) is 12.5. The van der Waals surface area contributed by atoms with Crippen molar-refractivity contribution in [2.75, 3.05) is 0 Å². The summed E-state index contributed by atoms with van der Waals surface area (Å²) < 4.78 is 14.6. The number of aromatic nitrogens is 5. The van der Waals surface area contributed by atoms with Crippen molar-refractivity contribution in [2.45, 2.75) is 6.54 Å². The molecule has 0 fully saturated rings. The second-order valence-corrected chi connectivity index (χ2v) is 4.10. The molecular formula is C11H7ClFN5. The van der Waals surface area contributed by atoms with E-state index in [4.69, 9.17) is 11.6 Å². The first-order valence-electron chi connectivity index (χ1n) is 5.16. The fourth-order valence-corrected chi connectivity index (χ4v) is 1.79. The first-order chi connectivity index (χ1) is 8.72. The van der Waals surface area contributed by atoms with E-state index in [0.29, 0.717) is 28.4 Å². The molecule has 0 aliphatic carbocycles. The number of fused-ring (bicyclic) bond motifs is 1. The van der Waals surface area contributed by atoms with Gasteiger partial charge in [0.2, 0.25) is 0 Å². The molecule has 5 nitrogen and oxygen atoms in total. The number of pyridine rings is 1. The molecule has 3 aromatic rings. The largest absolute Gasteiger partial charge is 0.261 e. The Balaban J connectivity index is 2.02. The van der Waals surface area contributed by atoms with E-state index < -0.39 is 0 Å². The van der Waals surface area contributed by atoms with E-state index in [2.05, 4.69) is 20.1 Å². The third-order valence-corrected chi connectivity index (χ3v) is 2.59. The van der Waals surface area contributed by atoms with E-state index in [1.807, 2.05) is 0 Å². The number of rotatable bonds is 2. The van der Waals surface area contributed by atoms with Crippen molar-refractivity contribution < 1.29 is 4.39 Å². The van der Waals surface area contributed by atoms with Gasteiger partial charge in [-0.05, 0) is 11.6 Å². The van der Waals surface area contributed by atoms with E-state index in [1.165, 1.54) is 12.3 Å². The Morgan fingerprint density at radius 2 is 2.11 bits per heavy atom. The number of nitrogens with zero attached hydrogens (tertiary/aromatic N) is 5. The molecule has 0 aliphatic heterocycles. The van der Waals surface area contributed by atoms with Crippen LogP contribution in [-0.4, -0.2) is 24.7 Å². The summed E-state index contributed by atoms with van der Waals surface area (Å²) >= 11 is 5.79. The van der Waals surface area contributed by atoms with E-state index in [0.717, 1.165) is 6.20 Å². The zero-order valence-electron chi connectivity index (χ0n) is 9.09. The molecule has 0 aromatic carbocycles. The van der Waals surface area contributed by atoms with Gasteiger partial charge in [0.15, 0.2) is 5.65 Å². The van der Waals surface area contributed by atoms with Crippen LogP contribution in [0.3, 0.4) is 0 Å². The molecule has 0 saturated heterocycles. The molecule has 0 atom stereocenters. The van der Waals surface area contributed by atoms with Crippen molar-refractivity contribution in [2.24, 2.45) is 0 Å². The van der Waals surface area contributed by atoms with E-state index in [9.17, 15) is 4.39 Å². The molecule has 0 unspecified atom stereocenters. The minimum absolute atomic E-state index is 0.293. The van der Waals surface area contributed by atoms with Gasteiger partial charge >= 0.3 is 0 Å². The molecule has 0 N–H and O–H groups in total. The first-order valence-corrected chi connectivity index (χ1v) is 5.53. The van der Waals surface area contributed by atoms with E-state index in [-0.39, 0.29) is 5.82 Å². The lowest BCUT2D eigenvalue weighted by Crippen LogP contribution is -2.03. The average Bonchev–Trinajstić information content (AvgIpc) is 2.72. The van der Waals surface area contributed by atoms with Gasteiger partial charge in [-0.15, -0.1) is 0 Å². The number of halogens is 2. The molecule has 0 amide bonds. The van der Waals surface area contributed by atoms with E-state index in [1.54, 1.807) is 17.1 Å². The predicted molar refractivity (Wildman–Crippen MR) is 63.6 cm³/mol. The van der Waals surface area contributed by atoms with Crippen molar-refractivity contribution in [1.29, 1.82) is 0 Å². The van der Waals surface area contributed by atoms with Crippen molar-refractivity contribution in [3.05, 3.63) is 47.4 Å². The summed E-state index contributed by atoms with van der Waals surface area (Å²) in [5, 5.41) is 4.44. The van der Waals surface area contributed by atoms with Gasteiger partial charge in [-0.2, -0.15) is 5.10 Å². The van der Waals surface area contributed by atoms with Crippen molar-refractivity contribution in [3.8, 4) is 0 Å². The van der Waals surface area contributed by atoms with Crippen LogP contribution in [0.15, 0.2) is 30.9 Å². The average molecular weight is 264 g/mol. The second kappa shape index (κ2) is 4.30. The molecule has 0 bridgehead atoms. The van der Waals surface area contributed by atoms with Crippen LogP contribution in [0.1, 0.15) is 5.56 Å². The van der Waals surface area contributed by atoms with Crippen LogP contribution in [0.25, 0.3) is 11.2 Å². The Labute approximate surface area is 106 Å². The quantitative estimate of drug-likeness (QED) is 0.710. The summed E-state index contributed by atoms with van der Waals surface area (Å²) in [6.45, 7) is 0.364. The third kappa shape index (κ3) is 2.02. The molecule has 3 heterocycles. The molecule has 0 saturated carbocycles. The Bertz CT molecular complexity index is 711. The van der Waals surface area contributed by atoms with Gasteiger partial charge in [0, 0.05) is 6.20 Å². The SMILES string of the molecule is Fc1cncc(Cn2ncc3ncc(Cl)nc32)c1. The third-order valence-electron chi connectivity index (χ3n) is 2.41. The zero-order valence-corrected chi connectivity index (χ0v) is 9.84. The smallest absolute Gasteiger partial charge is 0.178 e. The Morgan fingerprint density at radius 3 is 2.94 bits per heavy atom. The summed E-state index contributed by atoms with van der Waals surface area (Å²) in [5.41, 5.74) is 1.90. The lowest BCUT2D eigenvalue weighted by molar-refractivity contribution is 0.613. The Hall–Kier alpha value is -2.08. The lowest BCUT2D eigenvalue weighted by atomic mass is 10.3. The Morgan fingerprint density at radius 1 is 1.22 bits per heavy atom. The van der Waals surface area contributed by atoms with Crippen molar-refractivity contribution in [1.82, 2.24) is 24.7 Å². The Kier molecular flexibility index (Phi) is 2.64. The van der Waals surface area contributed by atoms with Gasteiger partial charge in [0.25, 0.3) is 0 Å². The highest BCUT2D eigenvalue weighted by Gasteiger charge is 2.07. The van der Waals surface area contributed by atoms with Crippen LogP contribution in [0.2, 0.25) is 5.15 Å². The van der Waals surface area contributed by atoms with Crippen molar-refractivity contribution in [3.63, 3.8) is 0 Å². The maximum atomic E-state index is 13.0. The highest BCUT2D eigenvalue weighted by atomic mass is 35.5. The number of hydrogen-bond acceptors (Lipinski definition) is 4. The topological polar surface area (TPSA) is 56.5 Å². The van der Waals surface area contributed by atoms with Crippen LogP contribution in [0, 0.1) is 5.82 Å².